The second-order valence-corrected chi connectivity index (χ2v) is 5.88. The van der Waals surface area contributed by atoms with Gasteiger partial charge < -0.3 is 20.7 Å². The molecule has 0 bridgehead atoms. The van der Waals surface area contributed by atoms with Crippen LogP contribution in [0.15, 0.2) is 48.5 Å². The normalized spacial score (nSPS) is 16.7. The number of rotatable bonds is 5. The summed E-state index contributed by atoms with van der Waals surface area (Å²) in [6, 6.07) is 14.8. The molecule has 25 heavy (non-hydrogen) atoms. The number of ether oxygens (including phenoxy) is 1. The van der Waals surface area contributed by atoms with E-state index in [-0.39, 0.29) is 17.9 Å². The summed E-state index contributed by atoms with van der Waals surface area (Å²) >= 11 is 0. The summed E-state index contributed by atoms with van der Waals surface area (Å²) < 4.78 is 5.35. The van der Waals surface area contributed by atoms with Crippen LogP contribution < -0.4 is 20.7 Å². The highest BCUT2D eigenvalue weighted by molar-refractivity contribution is 6.00. The maximum absolute atomic E-state index is 12.7. The Morgan fingerprint density at radius 2 is 1.84 bits per heavy atom. The van der Waals surface area contributed by atoms with Gasteiger partial charge in [0.1, 0.15) is 5.75 Å². The lowest BCUT2D eigenvalue weighted by atomic mass is 10.1. The molecule has 2 aromatic rings. The van der Waals surface area contributed by atoms with Crippen LogP contribution in [-0.4, -0.2) is 31.5 Å². The number of piperidine rings is 1. The first-order valence-corrected chi connectivity index (χ1v) is 8.24. The van der Waals surface area contributed by atoms with Crippen molar-refractivity contribution in [3.8, 4) is 5.75 Å². The van der Waals surface area contributed by atoms with E-state index in [1.54, 1.807) is 13.2 Å². The van der Waals surface area contributed by atoms with Crippen molar-refractivity contribution in [2.75, 3.05) is 19.0 Å². The van der Waals surface area contributed by atoms with E-state index in [0.717, 1.165) is 5.69 Å². The molecule has 0 saturated carbocycles. The van der Waals surface area contributed by atoms with Crippen LogP contribution in [0.25, 0.3) is 0 Å². The fourth-order valence-electron chi connectivity index (χ4n) is 2.80. The molecular weight excluding hydrogens is 318 g/mol. The molecule has 2 aromatic carbocycles. The highest BCUT2D eigenvalue weighted by atomic mass is 16.5. The number of anilines is 2. The number of nitrogens with one attached hydrogen (secondary N) is 3. The summed E-state index contributed by atoms with van der Waals surface area (Å²) in [5.41, 5.74) is 2.03. The third kappa shape index (κ3) is 4.09. The summed E-state index contributed by atoms with van der Waals surface area (Å²) in [7, 11) is 1.61. The van der Waals surface area contributed by atoms with Gasteiger partial charge in [-0.1, -0.05) is 24.3 Å². The largest absolute Gasteiger partial charge is 0.495 e. The Bertz CT molecular complexity index is 766. The average Bonchev–Trinajstić information content (AvgIpc) is 2.64. The summed E-state index contributed by atoms with van der Waals surface area (Å²) in [6.07, 6.45) is 1.09. The zero-order chi connectivity index (χ0) is 17.6. The van der Waals surface area contributed by atoms with Crippen LogP contribution in [-0.2, 0) is 4.79 Å². The van der Waals surface area contributed by atoms with Crippen LogP contribution in [0.4, 0.5) is 11.4 Å². The number of carbonyl (C=O) groups is 2. The molecule has 1 atom stereocenters. The quantitative estimate of drug-likeness (QED) is 0.782. The van der Waals surface area contributed by atoms with E-state index in [4.69, 9.17) is 4.74 Å². The molecule has 1 aliphatic rings. The molecule has 0 spiro atoms. The first-order valence-electron chi connectivity index (χ1n) is 8.24. The number of hydrogen-bond donors (Lipinski definition) is 3. The van der Waals surface area contributed by atoms with Gasteiger partial charge in [-0.3, -0.25) is 9.59 Å². The van der Waals surface area contributed by atoms with Gasteiger partial charge in [-0.15, -0.1) is 0 Å². The van der Waals surface area contributed by atoms with E-state index in [0.29, 0.717) is 36.4 Å². The fraction of sp³-hybridized carbons (Fsp3) is 0.263. The summed E-state index contributed by atoms with van der Waals surface area (Å²) in [4.78, 5) is 23.9. The lowest BCUT2D eigenvalue weighted by Gasteiger charge is -2.24. The zero-order valence-electron chi connectivity index (χ0n) is 14.0. The van der Waals surface area contributed by atoms with Crippen molar-refractivity contribution in [3.05, 3.63) is 54.1 Å². The first kappa shape index (κ1) is 16.8. The molecule has 3 N–H and O–H groups in total. The van der Waals surface area contributed by atoms with Crippen molar-refractivity contribution in [1.82, 2.24) is 10.6 Å². The minimum absolute atomic E-state index is 0.0312. The molecule has 3 rings (SSSR count). The summed E-state index contributed by atoms with van der Waals surface area (Å²) in [5.74, 6) is 0.565. The highest BCUT2D eigenvalue weighted by Gasteiger charge is 2.21. The van der Waals surface area contributed by atoms with Crippen LogP contribution in [0.2, 0.25) is 0 Å². The van der Waals surface area contributed by atoms with E-state index in [2.05, 4.69) is 16.0 Å². The van der Waals surface area contributed by atoms with E-state index in [9.17, 15) is 9.59 Å². The molecule has 0 aliphatic carbocycles. The Balaban J connectivity index is 1.76. The van der Waals surface area contributed by atoms with Gasteiger partial charge >= 0.3 is 0 Å². The number of methoxy groups -OCH3 is 1. The number of para-hydroxylation sites is 3. The van der Waals surface area contributed by atoms with Gasteiger partial charge in [0.25, 0.3) is 5.91 Å². The predicted octanol–water partition coefficient (Wildman–Crippen LogP) is 2.45. The molecule has 1 aliphatic heterocycles. The number of hydrogen-bond acceptors (Lipinski definition) is 4. The molecule has 1 saturated heterocycles. The van der Waals surface area contributed by atoms with Crippen molar-refractivity contribution in [2.45, 2.75) is 18.9 Å². The van der Waals surface area contributed by atoms with Crippen LogP contribution in [0, 0.1) is 0 Å². The van der Waals surface area contributed by atoms with Crippen molar-refractivity contribution >= 4 is 23.2 Å². The standard InChI is InChI=1S/C19H21N3O3/c1-25-17-9-5-4-8-16(17)22-15-7-3-2-6-14(15)19(24)21-13-10-11-18(23)20-12-13/h2-9,13,22H,10-12H2,1H3,(H,20,23)(H,21,24)/t13-/m0/s1. The second-order valence-electron chi connectivity index (χ2n) is 5.88. The van der Waals surface area contributed by atoms with Gasteiger partial charge in [0.05, 0.1) is 24.0 Å². The van der Waals surface area contributed by atoms with Crippen molar-refractivity contribution < 1.29 is 14.3 Å². The predicted molar refractivity (Wildman–Crippen MR) is 96.2 cm³/mol. The lowest BCUT2D eigenvalue weighted by molar-refractivity contribution is -0.122. The SMILES string of the molecule is COc1ccccc1Nc1ccccc1C(=O)N[C@H]1CCC(=O)NC1. The van der Waals surface area contributed by atoms with Crippen LogP contribution in [0.1, 0.15) is 23.2 Å². The van der Waals surface area contributed by atoms with Crippen LogP contribution in [0.5, 0.6) is 5.75 Å². The molecule has 1 fully saturated rings. The van der Waals surface area contributed by atoms with E-state index >= 15 is 0 Å². The van der Waals surface area contributed by atoms with Gasteiger partial charge in [0.2, 0.25) is 5.91 Å². The minimum Gasteiger partial charge on any atom is -0.495 e. The van der Waals surface area contributed by atoms with E-state index in [1.165, 1.54) is 0 Å². The third-order valence-electron chi connectivity index (χ3n) is 4.15. The maximum atomic E-state index is 12.7. The van der Waals surface area contributed by atoms with E-state index in [1.807, 2.05) is 42.5 Å². The van der Waals surface area contributed by atoms with Crippen molar-refractivity contribution in [2.24, 2.45) is 0 Å². The number of carbonyl (C=O) groups excluding carboxylic acids is 2. The molecule has 0 unspecified atom stereocenters. The Labute approximate surface area is 146 Å². The number of benzene rings is 2. The molecule has 2 amide bonds. The number of amides is 2. The summed E-state index contributed by atoms with van der Waals surface area (Å²) in [6.45, 7) is 0.465. The summed E-state index contributed by atoms with van der Waals surface area (Å²) in [5, 5.41) is 9.02. The Kier molecular flexibility index (Phi) is 5.18. The van der Waals surface area contributed by atoms with Crippen LogP contribution >= 0.6 is 0 Å². The zero-order valence-corrected chi connectivity index (χ0v) is 14.0. The Hall–Kier alpha value is -3.02. The average molecular weight is 339 g/mol. The molecular formula is C19H21N3O3. The third-order valence-corrected chi connectivity index (χ3v) is 4.15. The molecule has 6 nitrogen and oxygen atoms in total. The molecule has 130 valence electrons. The van der Waals surface area contributed by atoms with Crippen molar-refractivity contribution in [1.29, 1.82) is 0 Å². The maximum Gasteiger partial charge on any atom is 0.253 e. The Morgan fingerprint density at radius 1 is 1.12 bits per heavy atom. The Morgan fingerprint density at radius 3 is 2.56 bits per heavy atom. The van der Waals surface area contributed by atoms with Gasteiger partial charge in [0, 0.05) is 19.0 Å². The van der Waals surface area contributed by atoms with Crippen molar-refractivity contribution in [3.63, 3.8) is 0 Å². The second kappa shape index (κ2) is 7.70. The molecule has 6 heteroatoms. The topological polar surface area (TPSA) is 79.5 Å². The van der Waals surface area contributed by atoms with Gasteiger partial charge in [0.15, 0.2) is 0 Å². The van der Waals surface area contributed by atoms with Gasteiger partial charge in [-0.05, 0) is 30.7 Å². The van der Waals surface area contributed by atoms with E-state index < -0.39 is 0 Å². The smallest absolute Gasteiger partial charge is 0.253 e. The molecule has 0 radical (unpaired) electrons. The highest BCUT2D eigenvalue weighted by Crippen LogP contribution is 2.28. The van der Waals surface area contributed by atoms with Crippen LogP contribution in [0.3, 0.4) is 0 Å². The fourth-order valence-corrected chi connectivity index (χ4v) is 2.80. The molecule has 1 heterocycles. The van der Waals surface area contributed by atoms with Gasteiger partial charge in [-0.2, -0.15) is 0 Å². The minimum atomic E-state index is -0.167. The molecule has 0 aromatic heterocycles. The lowest BCUT2D eigenvalue weighted by Crippen LogP contribution is -2.47. The first-order chi connectivity index (χ1) is 12.2. The monoisotopic (exact) mass is 339 g/mol. The van der Waals surface area contributed by atoms with Gasteiger partial charge in [-0.25, -0.2) is 0 Å².